The lowest BCUT2D eigenvalue weighted by Gasteiger charge is -2.14. The lowest BCUT2D eigenvalue weighted by atomic mass is 10.2. The van der Waals surface area contributed by atoms with E-state index in [1.54, 1.807) is 11.3 Å². The van der Waals surface area contributed by atoms with Gasteiger partial charge in [-0.2, -0.15) is 0 Å². The molecule has 6 nitrogen and oxygen atoms in total. The Morgan fingerprint density at radius 3 is 2.67 bits per heavy atom. The van der Waals surface area contributed by atoms with Crippen LogP contribution in [0, 0.1) is 0 Å². The summed E-state index contributed by atoms with van der Waals surface area (Å²) in [4.78, 5) is 22.9. The zero-order valence-corrected chi connectivity index (χ0v) is 17.8. The predicted octanol–water partition coefficient (Wildman–Crippen LogP) is 2.56. The van der Waals surface area contributed by atoms with Crippen molar-refractivity contribution in [2.45, 2.75) is 46.1 Å². The highest BCUT2D eigenvalue weighted by atomic mass is 127. The molecule has 0 atom stereocenters. The van der Waals surface area contributed by atoms with Crippen molar-refractivity contribution in [3.05, 3.63) is 16.1 Å². The lowest BCUT2D eigenvalue weighted by molar-refractivity contribution is -0.128. The van der Waals surface area contributed by atoms with Crippen molar-refractivity contribution >= 4 is 47.2 Å². The van der Waals surface area contributed by atoms with Gasteiger partial charge in [0.15, 0.2) is 5.96 Å². The van der Waals surface area contributed by atoms with Gasteiger partial charge in [0, 0.05) is 25.0 Å². The summed E-state index contributed by atoms with van der Waals surface area (Å²) in [6.45, 7) is 9.62. The number of amides is 1. The second-order valence-electron chi connectivity index (χ2n) is 5.96. The Kier molecular flexibility index (Phi) is 9.57. The minimum atomic E-state index is 0. The monoisotopic (exact) mass is 465 g/mol. The maximum absolute atomic E-state index is 12.1. The van der Waals surface area contributed by atoms with Gasteiger partial charge in [-0.05, 0) is 25.7 Å². The summed E-state index contributed by atoms with van der Waals surface area (Å²) in [5.41, 5.74) is 1.12. The summed E-state index contributed by atoms with van der Waals surface area (Å²) in [6, 6.07) is 0. The number of nitrogens with one attached hydrogen (secondary N) is 2. The van der Waals surface area contributed by atoms with Gasteiger partial charge in [-0.15, -0.1) is 35.3 Å². The van der Waals surface area contributed by atoms with Crippen LogP contribution < -0.4 is 10.6 Å². The van der Waals surface area contributed by atoms with Gasteiger partial charge in [-0.1, -0.05) is 13.8 Å². The number of carbonyl (C=O) groups is 1. The molecule has 2 N–H and O–H groups in total. The van der Waals surface area contributed by atoms with Crippen LogP contribution in [-0.4, -0.2) is 47.9 Å². The number of hydrogen-bond donors (Lipinski definition) is 2. The molecular weight excluding hydrogens is 437 g/mol. The van der Waals surface area contributed by atoms with Gasteiger partial charge < -0.3 is 15.5 Å². The first-order valence-corrected chi connectivity index (χ1v) is 9.22. The number of aromatic nitrogens is 1. The lowest BCUT2D eigenvalue weighted by Crippen LogP contribution is -2.38. The van der Waals surface area contributed by atoms with Crippen LogP contribution in [0.15, 0.2) is 10.4 Å². The summed E-state index contributed by atoms with van der Waals surface area (Å²) in [5, 5.41) is 9.56. The zero-order valence-electron chi connectivity index (χ0n) is 14.7. The average molecular weight is 465 g/mol. The normalized spacial score (nSPS) is 14.7. The van der Waals surface area contributed by atoms with Crippen LogP contribution in [0.1, 0.15) is 50.2 Å². The molecule has 1 saturated heterocycles. The molecule has 1 aliphatic heterocycles. The molecule has 0 spiro atoms. The molecular formula is C16H28IN5OS. The van der Waals surface area contributed by atoms with Gasteiger partial charge in [-0.3, -0.25) is 4.79 Å². The number of aliphatic imine (C=N–C) groups is 1. The van der Waals surface area contributed by atoms with E-state index in [2.05, 4.69) is 39.8 Å². The van der Waals surface area contributed by atoms with E-state index < -0.39 is 0 Å². The number of guanidine groups is 1. The van der Waals surface area contributed by atoms with Crippen LogP contribution in [0.4, 0.5) is 0 Å². The van der Waals surface area contributed by atoms with Gasteiger partial charge in [0.2, 0.25) is 5.91 Å². The minimum absolute atomic E-state index is 0. The van der Waals surface area contributed by atoms with Crippen molar-refractivity contribution in [2.75, 3.05) is 26.2 Å². The van der Waals surface area contributed by atoms with E-state index in [4.69, 9.17) is 0 Å². The van der Waals surface area contributed by atoms with Crippen molar-refractivity contribution in [3.63, 3.8) is 0 Å². The Morgan fingerprint density at radius 1 is 1.38 bits per heavy atom. The SMILES string of the molecule is CCNC(=NCC(=O)N1CCCC1)NCc1nc(C(C)C)cs1.I. The van der Waals surface area contributed by atoms with Gasteiger partial charge in [0.25, 0.3) is 0 Å². The van der Waals surface area contributed by atoms with Gasteiger partial charge in [-0.25, -0.2) is 9.98 Å². The molecule has 2 heterocycles. The summed E-state index contributed by atoms with van der Waals surface area (Å²) in [7, 11) is 0. The number of thiazole rings is 1. The smallest absolute Gasteiger partial charge is 0.244 e. The van der Waals surface area contributed by atoms with Crippen molar-refractivity contribution in [2.24, 2.45) is 4.99 Å². The summed E-state index contributed by atoms with van der Waals surface area (Å²) in [6.07, 6.45) is 2.21. The fourth-order valence-corrected chi connectivity index (χ4v) is 3.28. The standard InChI is InChI=1S/C16H27N5OS.HI/c1-4-17-16(19-10-15(22)21-7-5-6-8-21)18-9-14-20-13(11-23-14)12(2)3;/h11-12H,4-10H2,1-3H3,(H2,17,18,19);1H. The summed E-state index contributed by atoms with van der Waals surface area (Å²) < 4.78 is 0. The molecule has 24 heavy (non-hydrogen) atoms. The molecule has 1 amide bonds. The van der Waals surface area contributed by atoms with E-state index in [1.165, 1.54) is 0 Å². The van der Waals surface area contributed by atoms with Crippen LogP contribution in [0.5, 0.6) is 0 Å². The number of likely N-dealkylation sites (tertiary alicyclic amines) is 1. The second-order valence-corrected chi connectivity index (χ2v) is 6.90. The van der Waals surface area contributed by atoms with Gasteiger partial charge >= 0.3 is 0 Å². The molecule has 0 aliphatic carbocycles. The number of halogens is 1. The molecule has 8 heteroatoms. The summed E-state index contributed by atoms with van der Waals surface area (Å²) in [5.74, 6) is 1.22. The molecule has 0 aromatic carbocycles. The first-order chi connectivity index (χ1) is 11.1. The molecule has 0 bridgehead atoms. The first-order valence-electron chi connectivity index (χ1n) is 8.34. The largest absolute Gasteiger partial charge is 0.357 e. The van der Waals surface area contributed by atoms with Gasteiger partial charge in [0.05, 0.1) is 12.2 Å². The van der Waals surface area contributed by atoms with E-state index in [9.17, 15) is 4.79 Å². The molecule has 0 saturated carbocycles. The molecule has 136 valence electrons. The van der Waals surface area contributed by atoms with Crippen LogP contribution in [0.3, 0.4) is 0 Å². The quantitative estimate of drug-likeness (QED) is 0.385. The van der Waals surface area contributed by atoms with Crippen molar-refractivity contribution in [1.82, 2.24) is 20.5 Å². The van der Waals surface area contributed by atoms with Crippen molar-refractivity contribution < 1.29 is 4.79 Å². The third-order valence-electron chi connectivity index (χ3n) is 3.74. The van der Waals surface area contributed by atoms with E-state index in [0.29, 0.717) is 18.4 Å². The van der Waals surface area contributed by atoms with E-state index in [0.717, 1.165) is 43.2 Å². The Bertz CT molecular complexity index is 540. The van der Waals surface area contributed by atoms with E-state index >= 15 is 0 Å². The van der Waals surface area contributed by atoms with Crippen LogP contribution in [-0.2, 0) is 11.3 Å². The Labute approximate surface area is 165 Å². The molecule has 1 fully saturated rings. The molecule has 2 rings (SSSR count). The van der Waals surface area contributed by atoms with Crippen LogP contribution in [0.2, 0.25) is 0 Å². The zero-order chi connectivity index (χ0) is 16.7. The Balaban J connectivity index is 0.00000288. The third kappa shape index (κ3) is 6.54. The number of hydrogen-bond acceptors (Lipinski definition) is 4. The van der Waals surface area contributed by atoms with Crippen LogP contribution in [0.25, 0.3) is 0 Å². The molecule has 0 radical (unpaired) electrons. The van der Waals surface area contributed by atoms with Crippen molar-refractivity contribution in [1.29, 1.82) is 0 Å². The summed E-state index contributed by atoms with van der Waals surface area (Å²) >= 11 is 1.65. The number of rotatable bonds is 6. The molecule has 0 unspecified atom stereocenters. The van der Waals surface area contributed by atoms with Gasteiger partial charge in [0.1, 0.15) is 11.6 Å². The highest BCUT2D eigenvalue weighted by Gasteiger charge is 2.17. The molecule has 1 aromatic heterocycles. The van der Waals surface area contributed by atoms with E-state index in [-0.39, 0.29) is 36.4 Å². The third-order valence-corrected chi connectivity index (χ3v) is 4.61. The number of carbonyl (C=O) groups excluding carboxylic acids is 1. The van der Waals surface area contributed by atoms with Crippen LogP contribution >= 0.6 is 35.3 Å². The predicted molar refractivity (Wildman–Crippen MR) is 110 cm³/mol. The molecule has 1 aromatic rings. The second kappa shape index (κ2) is 10.9. The first kappa shape index (κ1) is 21.1. The highest BCUT2D eigenvalue weighted by Crippen LogP contribution is 2.17. The Hall–Kier alpha value is -0.900. The topological polar surface area (TPSA) is 69.6 Å². The minimum Gasteiger partial charge on any atom is -0.357 e. The maximum atomic E-state index is 12.1. The fraction of sp³-hybridized carbons (Fsp3) is 0.688. The maximum Gasteiger partial charge on any atom is 0.244 e. The fourth-order valence-electron chi connectivity index (χ4n) is 2.39. The average Bonchev–Trinajstić information content (AvgIpc) is 3.20. The van der Waals surface area contributed by atoms with E-state index in [1.807, 2.05) is 11.8 Å². The molecule has 1 aliphatic rings. The Morgan fingerprint density at radius 2 is 2.08 bits per heavy atom. The van der Waals surface area contributed by atoms with Crippen molar-refractivity contribution in [3.8, 4) is 0 Å². The highest BCUT2D eigenvalue weighted by molar-refractivity contribution is 14.0. The number of nitrogens with zero attached hydrogens (tertiary/aromatic N) is 3.